The Labute approximate surface area is 209 Å². The number of carbonyl (C=O) groups excluding carboxylic acids is 1. The Morgan fingerprint density at radius 3 is 2.46 bits per heavy atom. The third-order valence-electron chi connectivity index (χ3n) is 5.46. The molecule has 0 saturated carbocycles. The van der Waals surface area contributed by atoms with Gasteiger partial charge in [0.25, 0.3) is 17.2 Å². The van der Waals surface area contributed by atoms with Crippen LogP contribution in [-0.2, 0) is 0 Å². The molecule has 0 saturated heterocycles. The van der Waals surface area contributed by atoms with Crippen molar-refractivity contribution in [3.8, 4) is 23.2 Å². The summed E-state index contributed by atoms with van der Waals surface area (Å²) in [5.41, 5.74) is 3.03. The highest BCUT2D eigenvalue weighted by Gasteiger charge is 2.20. The van der Waals surface area contributed by atoms with Crippen LogP contribution in [0.3, 0.4) is 0 Å². The zero-order valence-corrected chi connectivity index (χ0v) is 19.7. The quantitative estimate of drug-likeness (QED) is 0.234. The highest BCUT2D eigenvalue weighted by atomic mass is 16.6. The molecule has 2 aromatic heterocycles. The van der Waals surface area contributed by atoms with Gasteiger partial charge in [0.05, 0.1) is 29.6 Å². The van der Waals surface area contributed by atoms with Gasteiger partial charge in [-0.1, -0.05) is 0 Å². The van der Waals surface area contributed by atoms with Gasteiger partial charge >= 0.3 is 0 Å². The maximum absolute atomic E-state index is 12.9. The number of benzene rings is 2. The summed E-state index contributed by atoms with van der Waals surface area (Å²) in [4.78, 5) is 36.1. The number of amides is 1. The van der Waals surface area contributed by atoms with Crippen molar-refractivity contribution in [2.45, 2.75) is 6.92 Å². The first-order chi connectivity index (χ1) is 17.8. The predicted molar refractivity (Wildman–Crippen MR) is 133 cm³/mol. The third-order valence-corrected chi connectivity index (χ3v) is 5.46. The Hall–Kier alpha value is -5.57. The van der Waals surface area contributed by atoms with Gasteiger partial charge in [0, 0.05) is 29.6 Å². The van der Waals surface area contributed by atoms with E-state index in [4.69, 9.17) is 4.74 Å². The van der Waals surface area contributed by atoms with Crippen molar-refractivity contribution in [3.63, 3.8) is 0 Å². The molecule has 4 rings (SSSR count). The molecule has 1 amide bonds. The smallest absolute Gasteiger partial charge is 0.292 e. The SMILES string of the molecule is COc1ccc(-n2nc(C(=O)N/N=C\c3cccn3-c3ccc([N+](=O)[O-])cc3)c(C)c(C#N)c2=O)cc1. The van der Waals surface area contributed by atoms with Gasteiger partial charge in [-0.2, -0.15) is 20.1 Å². The van der Waals surface area contributed by atoms with E-state index in [9.17, 15) is 25.0 Å². The maximum atomic E-state index is 12.9. The van der Waals surface area contributed by atoms with Crippen molar-refractivity contribution in [1.82, 2.24) is 19.8 Å². The lowest BCUT2D eigenvalue weighted by Crippen LogP contribution is -2.31. The van der Waals surface area contributed by atoms with Crippen molar-refractivity contribution in [1.29, 1.82) is 5.26 Å². The van der Waals surface area contributed by atoms with Gasteiger partial charge in [0.1, 0.15) is 17.4 Å². The van der Waals surface area contributed by atoms with Gasteiger partial charge < -0.3 is 9.30 Å². The molecule has 0 bridgehead atoms. The van der Waals surface area contributed by atoms with Gasteiger partial charge in [-0.25, -0.2) is 5.43 Å². The van der Waals surface area contributed by atoms with Crippen molar-refractivity contribution in [2.75, 3.05) is 7.11 Å². The van der Waals surface area contributed by atoms with Gasteiger partial charge in [-0.3, -0.25) is 19.7 Å². The number of hydrazone groups is 1. The molecule has 12 heteroatoms. The Balaban J connectivity index is 1.60. The van der Waals surface area contributed by atoms with Crippen LogP contribution in [0.5, 0.6) is 5.75 Å². The van der Waals surface area contributed by atoms with Gasteiger partial charge in [-0.15, -0.1) is 0 Å². The Morgan fingerprint density at radius 2 is 1.84 bits per heavy atom. The molecule has 0 spiro atoms. The summed E-state index contributed by atoms with van der Waals surface area (Å²) in [6.45, 7) is 1.46. The monoisotopic (exact) mass is 497 g/mol. The number of aromatic nitrogens is 3. The number of nitriles is 1. The summed E-state index contributed by atoms with van der Waals surface area (Å²) in [7, 11) is 1.50. The summed E-state index contributed by atoms with van der Waals surface area (Å²) in [6.07, 6.45) is 3.12. The molecular weight excluding hydrogens is 478 g/mol. The second kappa shape index (κ2) is 10.4. The van der Waals surface area contributed by atoms with Crippen molar-refractivity contribution in [3.05, 3.63) is 110 Å². The molecule has 37 heavy (non-hydrogen) atoms. The molecule has 0 aliphatic rings. The van der Waals surface area contributed by atoms with E-state index in [0.717, 1.165) is 4.68 Å². The molecule has 0 unspecified atom stereocenters. The number of ether oxygens (including phenoxy) is 1. The predicted octanol–water partition coefficient (Wildman–Crippen LogP) is 2.88. The number of nitrogens with one attached hydrogen (secondary N) is 1. The van der Waals surface area contributed by atoms with E-state index in [0.29, 0.717) is 22.8 Å². The van der Waals surface area contributed by atoms with E-state index < -0.39 is 16.4 Å². The third kappa shape index (κ3) is 4.96. The van der Waals surface area contributed by atoms with Gasteiger partial charge in [0.15, 0.2) is 5.69 Å². The fourth-order valence-electron chi connectivity index (χ4n) is 3.53. The number of hydrogen-bond donors (Lipinski definition) is 1. The van der Waals surface area contributed by atoms with Crippen molar-refractivity contribution < 1.29 is 14.5 Å². The largest absolute Gasteiger partial charge is 0.497 e. The Kier molecular flexibility index (Phi) is 6.88. The molecule has 2 heterocycles. The number of nitrogens with zero attached hydrogens (tertiary/aromatic N) is 6. The second-order valence-electron chi connectivity index (χ2n) is 7.65. The normalized spacial score (nSPS) is 10.7. The standard InChI is InChI=1S/C25H19N7O5/c1-16-22(14-26)25(34)31(18-9-11-21(37-2)12-10-18)29-23(16)24(33)28-27-15-20-4-3-13-30(20)17-5-7-19(8-6-17)32(35)36/h3-13,15H,1-2H3,(H,28,33)/b27-15-. The van der Waals surface area contributed by atoms with E-state index in [-0.39, 0.29) is 22.5 Å². The van der Waals surface area contributed by atoms with Crippen LogP contribution < -0.4 is 15.7 Å². The Morgan fingerprint density at radius 1 is 1.16 bits per heavy atom. The number of rotatable bonds is 7. The fraction of sp³-hybridized carbons (Fsp3) is 0.0800. The fourth-order valence-corrected chi connectivity index (χ4v) is 3.53. The Bertz CT molecular complexity index is 1610. The highest BCUT2D eigenvalue weighted by Crippen LogP contribution is 2.17. The summed E-state index contributed by atoms with van der Waals surface area (Å²) in [5, 5.41) is 28.6. The molecule has 2 aromatic carbocycles. The lowest BCUT2D eigenvalue weighted by molar-refractivity contribution is -0.384. The summed E-state index contributed by atoms with van der Waals surface area (Å²) < 4.78 is 7.82. The van der Waals surface area contributed by atoms with Crippen LogP contribution in [-0.4, -0.2) is 38.5 Å². The molecule has 4 aromatic rings. The number of methoxy groups -OCH3 is 1. The summed E-state index contributed by atoms with van der Waals surface area (Å²) in [5.74, 6) is -0.156. The average Bonchev–Trinajstić information content (AvgIpc) is 3.37. The number of non-ortho nitro benzene ring substituents is 1. The maximum Gasteiger partial charge on any atom is 0.292 e. The molecule has 0 radical (unpaired) electrons. The molecule has 0 aliphatic heterocycles. The number of nitro groups is 1. The highest BCUT2D eigenvalue weighted by molar-refractivity contribution is 5.94. The minimum absolute atomic E-state index is 0.0334. The summed E-state index contributed by atoms with van der Waals surface area (Å²) in [6, 6.07) is 17.7. The number of hydrogen-bond acceptors (Lipinski definition) is 8. The zero-order chi connectivity index (χ0) is 26.5. The first-order valence-corrected chi connectivity index (χ1v) is 10.8. The van der Waals surface area contributed by atoms with E-state index in [1.54, 1.807) is 59.3 Å². The lowest BCUT2D eigenvalue weighted by Gasteiger charge is -2.11. The van der Waals surface area contributed by atoms with Crippen LogP contribution in [0, 0.1) is 28.4 Å². The van der Waals surface area contributed by atoms with E-state index in [1.807, 2.05) is 6.07 Å². The van der Waals surface area contributed by atoms with Crippen LogP contribution in [0.1, 0.15) is 27.3 Å². The minimum atomic E-state index is -0.721. The number of nitro benzene ring substituents is 1. The van der Waals surface area contributed by atoms with E-state index in [2.05, 4.69) is 15.6 Å². The van der Waals surface area contributed by atoms with E-state index >= 15 is 0 Å². The first kappa shape index (κ1) is 24.6. The minimum Gasteiger partial charge on any atom is -0.497 e. The van der Waals surface area contributed by atoms with E-state index in [1.165, 1.54) is 32.4 Å². The summed E-state index contributed by atoms with van der Waals surface area (Å²) >= 11 is 0. The van der Waals surface area contributed by atoms with Crippen LogP contribution >= 0.6 is 0 Å². The van der Waals surface area contributed by atoms with Gasteiger partial charge in [-0.05, 0) is 55.5 Å². The van der Waals surface area contributed by atoms with Crippen molar-refractivity contribution in [2.24, 2.45) is 5.10 Å². The molecule has 1 N–H and O–H groups in total. The van der Waals surface area contributed by atoms with Gasteiger partial charge in [0.2, 0.25) is 0 Å². The molecule has 0 fully saturated rings. The topological polar surface area (TPSA) is 157 Å². The molecule has 0 atom stereocenters. The molecule has 0 aliphatic carbocycles. The second-order valence-corrected chi connectivity index (χ2v) is 7.65. The lowest BCUT2D eigenvalue weighted by atomic mass is 10.1. The molecule has 12 nitrogen and oxygen atoms in total. The molecular formula is C25H19N7O5. The molecule has 184 valence electrons. The van der Waals surface area contributed by atoms with Crippen molar-refractivity contribution >= 4 is 17.8 Å². The van der Waals surface area contributed by atoms with Crippen LogP contribution in [0.4, 0.5) is 5.69 Å². The zero-order valence-electron chi connectivity index (χ0n) is 19.7. The van der Waals surface area contributed by atoms with Crippen LogP contribution in [0.25, 0.3) is 11.4 Å². The van der Waals surface area contributed by atoms with Crippen LogP contribution in [0.2, 0.25) is 0 Å². The van der Waals surface area contributed by atoms with Crippen LogP contribution in [0.15, 0.2) is 76.8 Å². The number of carbonyl (C=O) groups is 1. The average molecular weight is 497 g/mol. The first-order valence-electron chi connectivity index (χ1n) is 10.8.